The van der Waals surface area contributed by atoms with Gasteiger partial charge in [-0.25, -0.2) is 4.39 Å². The number of nitrogens with zero attached hydrogens (tertiary/aromatic N) is 1. The van der Waals surface area contributed by atoms with Gasteiger partial charge in [0.1, 0.15) is 6.67 Å². The lowest BCUT2D eigenvalue weighted by Crippen LogP contribution is -2.45. The van der Waals surface area contributed by atoms with Crippen LogP contribution in [0.4, 0.5) is 17.6 Å². The van der Waals surface area contributed by atoms with Crippen LogP contribution >= 0.6 is 36.4 Å². The Morgan fingerprint density at radius 1 is 1.18 bits per heavy atom. The second-order valence-electron chi connectivity index (χ2n) is 4.66. The first kappa shape index (κ1) is 21.7. The first-order valence-corrected chi connectivity index (χ1v) is 6.69. The number of rotatable bonds is 3. The molecule has 0 spiro atoms. The zero-order chi connectivity index (χ0) is 14.8. The maximum atomic E-state index is 13.3. The average molecular weight is 384 g/mol. The quantitative estimate of drug-likeness (QED) is 0.790. The predicted octanol–water partition coefficient (Wildman–Crippen LogP) is 4.12. The van der Waals surface area contributed by atoms with Crippen LogP contribution < -0.4 is 5.32 Å². The molecule has 1 aliphatic rings. The molecule has 1 heterocycles. The highest BCUT2D eigenvalue weighted by Crippen LogP contribution is 2.39. The summed E-state index contributed by atoms with van der Waals surface area (Å²) in [6, 6.07) is 2.92. The first-order chi connectivity index (χ1) is 9.45. The van der Waals surface area contributed by atoms with E-state index < -0.39 is 29.5 Å². The van der Waals surface area contributed by atoms with Crippen LogP contribution in [0.2, 0.25) is 5.02 Å². The van der Waals surface area contributed by atoms with Gasteiger partial charge in [0.25, 0.3) is 0 Å². The SMILES string of the molecule is Cl.Cl.FC[C@H](c1cccc(C(F)(F)F)c1Cl)N1CCNCC1. The Bertz CT molecular complexity index is 465. The second-order valence-corrected chi connectivity index (χ2v) is 5.04. The van der Waals surface area contributed by atoms with Gasteiger partial charge >= 0.3 is 6.18 Å². The summed E-state index contributed by atoms with van der Waals surface area (Å²) >= 11 is 5.86. The molecule has 0 amide bonds. The summed E-state index contributed by atoms with van der Waals surface area (Å²) in [7, 11) is 0. The molecule has 1 atom stereocenters. The predicted molar refractivity (Wildman–Crippen MR) is 84.1 cm³/mol. The van der Waals surface area contributed by atoms with E-state index in [0.29, 0.717) is 26.2 Å². The number of halogens is 7. The molecule has 1 saturated heterocycles. The van der Waals surface area contributed by atoms with Gasteiger partial charge in [0.2, 0.25) is 0 Å². The van der Waals surface area contributed by atoms with Crippen molar-refractivity contribution in [1.29, 1.82) is 0 Å². The van der Waals surface area contributed by atoms with Crippen molar-refractivity contribution in [2.24, 2.45) is 0 Å². The van der Waals surface area contributed by atoms with Gasteiger partial charge in [0, 0.05) is 26.2 Å². The molecule has 0 aromatic heterocycles. The number of hydrogen-bond donors (Lipinski definition) is 1. The van der Waals surface area contributed by atoms with Gasteiger partial charge < -0.3 is 5.32 Å². The summed E-state index contributed by atoms with van der Waals surface area (Å²) in [4.78, 5) is 1.82. The van der Waals surface area contributed by atoms with Crippen LogP contribution in [0.15, 0.2) is 18.2 Å². The van der Waals surface area contributed by atoms with Gasteiger partial charge in [-0.3, -0.25) is 4.90 Å². The molecule has 0 radical (unpaired) electrons. The van der Waals surface area contributed by atoms with E-state index >= 15 is 0 Å². The number of nitrogens with one attached hydrogen (secondary N) is 1. The van der Waals surface area contributed by atoms with Crippen LogP contribution in [-0.4, -0.2) is 37.8 Å². The minimum absolute atomic E-state index is 0. The molecular formula is C13H17Cl3F4N2. The van der Waals surface area contributed by atoms with E-state index in [4.69, 9.17) is 11.6 Å². The molecule has 1 aromatic rings. The van der Waals surface area contributed by atoms with Crippen LogP contribution in [-0.2, 0) is 6.18 Å². The van der Waals surface area contributed by atoms with E-state index in [-0.39, 0.29) is 30.4 Å². The average Bonchev–Trinajstić information content (AvgIpc) is 2.41. The summed E-state index contributed by atoms with van der Waals surface area (Å²) in [5.74, 6) is 0. The van der Waals surface area contributed by atoms with Crippen molar-refractivity contribution in [3.63, 3.8) is 0 Å². The Kier molecular flexibility index (Phi) is 9.02. The lowest BCUT2D eigenvalue weighted by atomic mass is 10.0. The van der Waals surface area contributed by atoms with Crippen LogP contribution in [0.5, 0.6) is 0 Å². The fourth-order valence-corrected chi connectivity index (χ4v) is 2.76. The normalized spacial score (nSPS) is 17.3. The minimum Gasteiger partial charge on any atom is -0.314 e. The molecule has 1 N–H and O–H groups in total. The molecular weight excluding hydrogens is 367 g/mol. The molecule has 22 heavy (non-hydrogen) atoms. The van der Waals surface area contributed by atoms with E-state index in [1.54, 1.807) is 0 Å². The highest BCUT2D eigenvalue weighted by Gasteiger charge is 2.35. The van der Waals surface area contributed by atoms with E-state index in [1.165, 1.54) is 12.1 Å². The van der Waals surface area contributed by atoms with Crippen molar-refractivity contribution in [3.05, 3.63) is 34.3 Å². The van der Waals surface area contributed by atoms with Gasteiger partial charge in [-0.15, -0.1) is 24.8 Å². The molecule has 0 aliphatic carbocycles. The van der Waals surface area contributed by atoms with E-state index in [0.717, 1.165) is 6.07 Å². The Hall–Kier alpha value is -0.270. The Balaban J connectivity index is 0.00000220. The van der Waals surface area contributed by atoms with Crippen molar-refractivity contribution < 1.29 is 17.6 Å². The van der Waals surface area contributed by atoms with Crippen molar-refractivity contribution in [3.8, 4) is 0 Å². The lowest BCUT2D eigenvalue weighted by Gasteiger charge is -2.34. The summed E-state index contributed by atoms with van der Waals surface area (Å²) in [6.45, 7) is 1.78. The van der Waals surface area contributed by atoms with E-state index in [1.807, 2.05) is 4.90 Å². The fraction of sp³-hybridized carbons (Fsp3) is 0.538. The number of benzene rings is 1. The van der Waals surface area contributed by atoms with Crippen molar-refractivity contribution in [1.82, 2.24) is 10.2 Å². The van der Waals surface area contributed by atoms with Gasteiger partial charge in [-0.2, -0.15) is 13.2 Å². The van der Waals surface area contributed by atoms with Crippen LogP contribution in [0.1, 0.15) is 17.2 Å². The minimum atomic E-state index is -4.53. The Morgan fingerprint density at radius 3 is 2.27 bits per heavy atom. The Labute approximate surface area is 144 Å². The molecule has 128 valence electrons. The van der Waals surface area contributed by atoms with Crippen molar-refractivity contribution >= 4 is 36.4 Å². The highest BCUT2D eigenvalue weighted by atomic mass is 35.5. The van der Waals surface area contributed by atoms with Crippen LogP contribution in [0, 0.1) is 0 Å². The van der Waals surface area contributed by atoms with Crippen LogP contribution in [0.25, 0.3) is 0 Å². The molecule has 0 unspecified atom stereocenters. The first-order valence-electron chi connectivity index (χ1n) is 6.31. The smallest absolute Gasteiger partial charge is 0.314 e. The molecule has 0 saturated carbocycles. The number of hydrogen-bond acceptors (Lipinski definition) is 2. The Morgan fingerprint density at radius 2 is 1.77 bits per heavy atom. The summed E-state index contributed by atoms with van der Waals surface area (Å²) in [5.41, 5.74) is -0.712. The molecule has 9 heteroatoms. The van der Waals surface area contributed by atoms with Crippen molar-refractivity contribution in [2.75, 3.05) is 32.9 Å². The monoisotopic (exact) mass is 382 g/mol. The van der Waals surface area contributed by atoms with Crippen molar-refractivity contribution in [2.45, 2.75) is 12.2 Å². The molecule has 0 bridgehead atoms. The zero-order valence-corrected chi connectivity index (χ0v) is 13.9. The maximum Gasteiger partial charge on any atom is 0.417 e. The topological polar surface area (TPSA) is 15.3 Å². The third-order valence-corrected chi connectivity index (χ3v) is 3.85. The third-order valence-electron chi connectivity index (χ3n) is 3.43. The van der Waals surface area contributed by atoms with Gasteiger partial charge in [-0.05, 0) is 11.6 Å². The van der Waals surface area contributed by atoms with Gasteiger partial charge in [-0.1, -0.05) is 23.7 Å². The number of piperazine rings is 1. The lowest BCUT2D eigenvalue weighted by molar-refractivity contribution is -0.137. The molecule has 2 nitrogen and oxygen atoms in total. The van der Waals surface area contributed by atoms with Gasteiger partial charge in [0.15, 0.2) is 0 Å². The largest absolute Gasteiger partial charge is 0.417 e. The molecule has 1 aliphatic heterocycles. The van der Waals surface area contributed by atoms with E-state index in [9.17, 15) is 17.6 Å². The van der Waals surface area contributed by atoms with Gasteiger partial charge in [0.05, 0.1) is 16.6 Å². The second kappa shape index (κ2) is 9.13. The molecule has 1 aromatic carbocycles. The highest BCUT2D eigenvalue weighted by molar-refractivity contribution is 6.32. The number of alkyl halides is 4. The zero-order valence-electron chi connectivity index (χ0n) is 11.5. The molecule has 2 rings (SSSR count). The maximum absolute atomic E-state index is 13.3. The summed E-state index contributed by atoms with van der Waals surface area (Å²) in [5, 5.41) is 2.72. The standard InChI is InChI=1S/C13H15ClF4N2.2ClH/c14-12-9(2-1-3-10(12)13(16,17)18)11(8-15)20-6-4-19-5-7-20;;/h1-3,11,19H,4-8H2;2*1H/t11-;;/m1../s1. The summed E-state index contributed by atoms with van der Waals surface area (Å²) in [6.07, 6.45) is -4.53. The van der Waals surface area contributed by atoms with E-state index in [2.05, 4.69) is 5.32 Å². The summed E-state index contributed by atoms with van der Waals surface area (Å²) < 4.78 is 51.8. The fourth-order valence-electron chi connectivity index (χ4n) is 2.40. The molecule has 1 fully saturated rings. The van der Waals surface area contributed by atoms with Crippen LogP contribution in [0.3, 0.4) is 0 Å². The third kappa shape index (κ3) is 4.86.